The summed E-state index contributed by atoms with van der Waals surface area (Å²) in [5, 5.41) is 8.23. The zero-order valence-electron chi connectivity index (χ0n) is 10.7. The molecular weight excluding hydrogens is 265 g/mol. The number of rotatable bonds is 4. The number of benzene rings is 1. The van der Waals surface area contributed by atoms with E-state index in [1.807, 2.05) is 13.0 Å². The summed E-state index contributed by atoms with van der Waals surface area (Å²) in [6.45, 7) is 2.35. The first-order valence-electron chi connectivity index (χ1n) is 6.38. The Hall–Kier alpha value is -1.39. The average molecular weight is 280 g/mol. The van der Waals surface area contributed by atoms with Gasteiger partial charge < -0.3 is 5.32 Å². The summed E-state index contributed by atoms with van der Waals surface area (Å²) in [7, 11) is 0. The van der Waals surface area contributed by atoms with Crippen molar-refractivity contribution in [3.63, 3.8) is 0 Å². The molecule has 0 unspecified atom stereocenters. The van der Waals surface area contributed by atoms with Crippen LogP contribution in [0.1, 0.15) is 24.1 Å². The topological polar surface area (TPSA) is 29.9 Å². The number of halogens is 2. The van der Waals surface area contributed by atoms with Crippen molar-refractivity contribution in [3.05, 3.63) is 46.5 Å². The Morgan fingerprint density at radius 3 is 2.89 bits per heavy atom. The lowest BCUT2D eigenvalue weighted by atomic mass is 10.1. The lowest BCUT2D eigenvalue weighted by molar-refractivity contribution is 0.582. The molecule has 3 rings (SSSR count). The molecule has 1 N–H and O–H groups in total. The molecule has 0 spiro atoms. The molecule has 19 heavy (non-hydrogen) atoms. The van der Waals surface area contributed by atoms with Crippen LogP contribution in [-0.2, 0) is 6.54 Å². The van der Waals surface area contributed by atoms with Crippen molar-refractivity contribution in [2.75, 3.05) is 0 Å². The van der Waals surface area contributed by atoms with Crippen molar-refractivity contribution in [1.29, 1.82) is 0 Å². The first-order chi connectivity index (χ1) is 9.15. The normalized spacial score (nSPS) is 14.9. The Balaban J connectivity index is 1.96. The number of hydrogen-bond donors (Lipinski definition) is 1. The summed E-state index contributed by atoms with van der Waals surface area (Å²) in [5.74, 6) is -0.213. The van der Waals surface area contributed by atoms with Gasteiger partial charge in [0.05, 0.1) is 16.4 Å². The van der Waals surface area contributed by atoms with Crippen LogP contribution in [0.3, 0.4) is 0 Å². The summed E-state index contributed by atoms with van der Waals surface area (Å²) >= 11 is 6.02. The number of nitrogens with zero attached hydrogens (tertiary/aromatic N) is 2. The fraction of sp³-hybridized carbons (Fsp3) is 0.357. The Morgan fingerprint density at radius 1 is 1.47 bits per heavy atom. The zero-order valence-corrected chi connectivity index (χ0v) is 11.4. The van der Waals surface area contributed by atoms with Gasteiger partial charge in [-0.3, -0.25) is 0 Å². The molecule has 0 atom stereocenters. The van der Waals surface area contributed by atoms with Crippen molar-refractivity contribution in [2.24, 2.45) is 0 Å². The van der Waals surface area contributed by atoms with Gasteiger partial charge in [0.25, 0.3) is 0 Å². The maximum absolute atomic E-state index is 14.0. The minimum absolute atomic E-state index is 0.213. The smallest absolute Gasteiger partial charge is 0.129 e. The minimum Gasteiger partial charge on any atom is -0.310 e. The van der Waals surface area contributed by atoms with Gasteiger partial charge in [0.15, 0.2) is 0 Å². The lowest BCUT2D eigenvalue weighted by Crippen LogP contribution is -2.18. The molecule has 1 aromatic heterocycles. The molecule has 0 radical (unpaired) electrons. The molecule has 1 heterocycles. The van der Waals surface area contributed by atoms with Gasteiger partial charge in [-0.15, -0.1) is 0 Å². The summed E-state index contributed by atoms with van der Waals surface area (Å²) in [6.07, 6.45) is 4.07. The maximum atomic E-state index is 14.0. The number of hydrogen-bond acceptors (Lipinski definition) is 2. The Kier molecular flexibility index (Phi) is 3.29. The molecule has 2 aromatic rings. The monoisotopic (exact) mass is 279 g/mol. The van der Waals surface area contributed by atoms with Crippen LogP contribution in [0.5, 0.6) is 0 Å². The van der Waals surface area contributed by atoms with Crippen LogP contribution >= 0.6 is 11.6 Å². The van der Waals surface area contributed by atoms with Crippen molar-refractivity contribution in [1.82, 2.24) is 15.1 Å². The average Bonchev–Trinajstić information content (AvgIpc) is 3.14. The second-order valence-corrected chi connectivity index (χ2v) is 5.31. The third kappa shape index (κ3) is 2.65. The first kappa shape index (κ1) is 12.6. The molecule has 0 amide bonds. The molecule has 1 fully saturated rings. The molecule has 0 saturated heterocycles. The third-order valence-corrected chi connectivity index (χ3v) is 3.70. The highest BCUT2D eigenvalue weighted by molar-refractivity contribution is 6.31. The zero-order chi connectivity index (χ0) is 13.4. The fourth-order valence-electron chi connectivity index (χ4n) is 2.03. The van der Waals surface area contributed by atoms with E-state index in [0.29, 0.717) is 23.2 Å². The molecule has 1 aromatic carbocycles. The van der Waals surface area contributed by atoms with Crippen molar-refractivity contribution >= 4 is 11.6 Å². The van der Waals surface area contributed by atoms with E-state index in [4.69, 9.17) is 11.6 Å². The molecule has 5 heteroatoms. The van der Waals surface area contributed by atoms with E-state index in [2.05, 4.69) is 10.4 Å². The predicted octanol–water partition coefficient (Wildman–Crippen LogP) is 3.23. The second-order valence-electron chi connectivity index (χ2n) is 4.90. The van der Waals surface area contributed by atoms with E-state index in [0.717, 1.165) is 11.4 Å². The van der Waals surface area contributed by atoms with Crippen LogP contribution in [0.4, 0.5) is 4.39 Å². The Morgan fingerprint density at radius 2 is 2.26 bits per heavy atom. The van der Waals surface area contributed by atoms with Crippen LogP contribution < -0.4 is 5.32 Å². The van der Waals surface area contributed by atoms with Crippen molar-refractivity contribution in [2.45, 2.75) is 32.4 Å². The van der Waals surface area contributed by atoms with Crippen LogP contribution in [-0.4, -0.2) is 15.8 Å². The molecule has 1 aliphatic carbocycles. The Bertz CT molecular complexity index is 585. The van der Waals surface area contributed by atoms with E-state index < -0.39 is 0 Å². The standard InChI is InChI=1S/C14H15ClFN3/c1-9-12(15)8-19(18-9)14-4-2-3-13(16)11(14)7-17-10-5-6-10/h2-4,8,10,17H,5-7H2,1H3. The van der Waals surface area contributed by atoms with Crippen LogP contribution in [0, 0.1) is 12.7 Å². The van der Waals surface area contributed by atoms with Crippen molar-refractivity contribution < 1.29 is 4.39 Å². The second kappa shape index (κ2) is 4.94. The van der Waals surface area contributed by atoms with Gasteiger partial charge in [0.2, 0.25) is 0 Å². The van der Waals surface area contributed by atoms with Gasteiger partial charge in [0.1, 0.15) is 5.82 Å². The number of aryl methyl sites for hydroxylation is 1. The molecule has 100 valence electrons. The highest BCUT2D eigenvalue weighted by Gasteiger charge is 2.21. The van der Waals surface area contributed by atoms with E-state index in [-0.39, 0.29) is 5.82 Å². The third-order valence-electron chi connectivity index (χ3n) is 3.32. The van der Waals surface area contributed by atoms with Crippen LogP contribution in [0.25, 0.3) is 5.69 Å². The molecule has 1 saturated carbocycles. The molecular formula is C14H15ClFN3. The molecule has 0 bridgehead atoms. The van der Waals surface area contributed by atoms with Gasteiger partial charge >= 0.3 is 0 Å². The molecule has 1 aliphatic rings. The number of aromatic nitrogens is 2. The van der Waals surface area contributed by atoms with Gasteiger partial charge in [-0.05, 0) is 31.9 Å². The summed E-state index contributed by atoms with van der Waals surface area (Å²) < 4.78 is 15.6. The van der Waals surface area contributed by atoms with Crippen LogP contribution in [0.15, 0.2) is 24.4 Å². The van der Waals surface area contributed by atoms with Gasteiger partial charge in [-0.1, -0.05) is 17.7 Å². The quantitative estimate of drug-likeness (QED) is 0.931. The van der Waals surface area contributed by atoms with Gasteiger partial charge in [-0.2, -0.15) is 5.10 Å². The summed E-state index contributed by atoms with van der Waals surface area (Å²) in [5.41, 5.74) is 2.11. The van der Waals surface area contributed by atoms with Gasteiger partial charge in [-0.25, -0.2) is 9.07 Å². The lowest BCUT2D eigenvalue weighted by Gasteiger charge is -2.11. The first-order valence-corrected chi connectivity index (χ1v) is 6.76. The van der Waals surface area contributed by atoms with E-state index in [9.17, 15) is 4.39 Å². The Labute approximate surface area is 116 Å². The summed E-state index contributed by atoms with van der Waals surface area (Å²) in [4.78, 5) is 0. The number of nitrogens with one attached hydrogen (secondary N) is 1. The van der Waals surface area contributed by atoms with Crippen LogP contribution in [0.2, 0.25) is 5.02 Å². The van der Waals surface area contributed by atoms with E-state index in [1.54, 1.807) is 16.9 Å². The molecule has 0 aliphatic heterocycles. The predicted molar refractivity (Wildman–Crippen MR) is 73.1 cm³/mol. The van der Waals surface area contributed by atoms with E-state index in [1.165, 1.54) is 18.9 Å². The van der Waals surface area contributed by atoms with E-state index >= 15 is 0 Å². The highest BCUT2D eigenvalue weighted by Crippen LogP contribution is 2.24. The van der Waals surface area contributed by atoms with Gasteiger partial charge in [0, 0.05) is 24.3 Å². The molecule has 3 nitrogen and oxygen atoms in total. The SMILES string of the molecule is Cc1nn(-c2cccc(F)c2CNC2CC2)cc1Cl. The van der Waals surface area contributed by atoms with Crippen molar-refractivity contribution in [3.8, 4) is 5.69 Å². The minimum atomic E-state index is -0.213. The maximum Gasteiger partial charge on any atom is 0.129 e. The largest absolute Gasteiger partial charge is 0.310 e. The summed E-state index contributed by atoms with van der Waals surface area (Å²) in [6, 6.07) is 5.56. The highest BCUT2D eigenvalue weighted by atomic mass is 35.5. The fourth-order valence-corrected chi connectivity index (χ4v) is 2.16.